The normalized spacial score (nSPS) is 22.6. The fourth-order valence-corrected chi connectivity index (χ4v) is 4.79. The standard InChI is InChI=1S/C22H34N6O5/c1-4-7-12-27-17(23)16(18(30)24-20(27)32)26(6-3)15(29)13-28-19(31)22(25-21(28)33)10-8-14(5-2)9-11-22/h14H,4-13,23H2,1-3H3,(H,25,33)(H,24,30,32). The Kier molecular flexibility index (Phi) is 7.28. The lowest BCUT2D eigenvalue weighted by Crippen LogP contribution is -2.50. The molecule has 1 saturated carbocycles. The highest BCUT2D eigenvalue weighted by atomic mass is 16.2. The van der Waals surface area contributed by atoms with Gasteiger partial charge < -0.3 is 16.0 Å². The Morgan fingerprint density at radius 2 is 1.82 bits per heavy atom. The number of imide groups is 1. The quantitative estimate of drug-likeness (QED) is 0.493. The van der Waals surface area contributed by atoms with Crippen molar-refractivity contribution in [1.82, 2.24) is 19.8 Å². The Hall–Kier alpha value is -3.11. The zero-order valence-corrected chi connectivity index (χ0v) is 19.6. The molecule has 0 aromatic carbocycles. The first kappa shape index (κ1) is 24.5. The minimum absolute atomic E-state index is 0.0745. The molecule has 1 aliphatic carbocycles. The average molecular weight is 463 g/mol. The van der Waals surface area contributed by atoms with E-state index in [1.807, 2.05) is 6.92 Å². The number of anilines is 2. The Bertz CT molecular complexity index is 1040. The number of carbonyl (C=O) groups is 3. The highest BCUT2D eigenvalue weighted by molar-refractivity contribution is 6.10. The third kappa shape index (κ3) is 4.53. The molecule has 11 nitrogen and oxygen atoms in total. The van der Waals surface area contributed by atoms with Crippen LogP contribution in [0.4, 0.5) is 16.3 Å². The first-order valence-corrected chi connectivity index (χ1v) is 11.8. The lowest BCUT2D eigenvalue weighted by atomic mass is 9.75. The molecule has 0 bridgehead atoms. The van der Waals surface area contributed by atoms with Gasteiger partial charge in [-0.15, -0.1) is 0 Å². The molecule has 1 saturated heterocycles. The molecule has 11 heteroatoms. The van der Waals surface area contributed by atoms with Gasteiger partial charge in [0, 0.05) is 13.1 Å². The second kappa shape index (κ2) is 9.80. The van der Waals surface area contributed by atoms with Crippen molar-refractivity contribution in [2.45, 2.75) is 77.8 Å². The van der Waals surface area contributed by atoms with Gasteiger partial charge in [-0.3, -0.25) is 28.8 Å². The smallest absolute Gasteiger partial charge is 0.330 e. The van der Waals surface area contributed by atoms with Gasteiger partial charge >= 0.3 is 11.7 Å². The van der Waals surface area contributed by atoms with E-state index in [0.29, 0.717) is 31.7 Å². The molecule has 0 atom stereocenters. The van der Waals surface area contributed by atoms with Crippen molar-refractivity contribution in [3.8, 4) is 0 Å². The summed E-state index contributed by atoms with van der Waals surface area (Å²) in [7, 11) is 0. The van der Waals surface area contributed by atoms with Crippen LogP contribution in [0.5, 0.6) is 0 Å². The predicted octanol–water partition coefficient (Wildman–Crippen LogP) is 1.16. The summed E-state index contributed by atoms with van der Waals surface area (Å²) in [6.07, 6.45) is 5.29. The molecule has 182 valence electrons. The summed E-state index contributed by atoms with van der Waals surface area (Å²) < 4.78 is 1.23. The van der Waals surface area contributed by atoms with Crippen LogP contribution in [0.15, 0.2) is 9.59 Å². The number of amides is 4. The van der Waals surface area contributed by atoms with Gasteiger partial charge in [0.05, 0.1) is 0 Å². The van der Waals surface area contributed by atoms with Crippen LogP contribution >= 0.6 is 0 Å². The molecule has 4 amide bonds. The molecule has 0 unspecified atom stereocenters. The van der Waals surface area contributed by atoms with Crippen LogP contribution in [0.25, 0.3) is 0 Å². The number of nitrogen functional groups attached to an aromatic ring is 1. The van der Waals surface area contributed by atoms with Crippen molar-refractivity contribution in [2.75, 3.05) is 23.7 Å². The monoisotopic (exact) mass is 462 g/mol. The van der Waals surface area contributed by atoms with Crippen molar-refractivity contribution in [2.24, 2.45) is 5.92 Å². The largest absolute Gasteiger partial charge is 0.383 e. The van der Waals surface area contributed by atoms with Gasteiger partial charge in [-0.05, 0) is 44.9 Å². The molecule has 3 rings (SSSR count). The van der Waals surface area contributed by atoms with Crippen LogP contribution in [-0.4, -0.2) is 50.9 Å². The van der Waals surface area contributed by atoms with Crippen molar-refractivity contribution in [3.05, 3.63) is 20.8 Å². The number of rotatable bonds is 8. The summed E-state index contributed by atoms with van der Waals surface area (Å²) in [5.74, 6) is -0.608. The zero-order valence-electron chi connectivity index (χ0n) is 19.6. The molecule has 1 spiro atoms. The molecule has 1 aromatic rings. The number of carbonyl (C=O) groups excluding carboxylic acids is 3. The van der Waals surface area contributed by atoms with E-state index >= 15 is 0 Å². The number of aromatic amines is 1. The molecule has 2 fully saturated rings. The van der Waals surface area contributed by atoms with Gasteiger partial charge in [0.1, 0.15) is 17.9 Å². The number of H-pyrrole nitrogens is 1. The maximum Gasteiger partial charge on any atom is 0.330 e. The third-order valence-corrected chi connectivity index (χ3v) is 6.91. The van der Waals surface area contributed by atoms with E-state index in [1.54, 1.807) is 6.92 Å². The van der Waals surface area contributed by atoms with Crippen LogP contribution < -0.4 is 27.2 Å². The molecular weight excluding hydrogens is 428 g/mol. The SMILES string of the molecule is CCCCn1c(N)c(N(CC)C(=O)CN2C(=O)NC3(CCC(CC)CC3)C2=O)c(=O)[nH]c1=O. The maximum atomic E-state index is 13.2. The second-order valence-electron chi connectivity index (χ2n) is 8.89. The van der Waals surface area contributed by atoms with Crippen LogP contribution in [-0.2, 0) is 16.1 Å². The van der Waals surface area contributed by atoms with Gasteiger partial charge in [-0.2, -0.15) is 0 Å². The Labute approximate surface area is 192 Å². The van der Waals surface area contributed by atoms with E-state index in [-0.39, 0.29) is 18.1 Å². The van der Waals surface area contributed by atoms with Crippen molar-refractivity contribution in [1.29, 1.82) is 0 Å². The van der Waals surface area contributed by atoms with Crippen molar-refractivity contribution in [3.63, 3.8) is 0 Å². The first-order valence-electron chi connectivity index (χ1n) is 11.8. The summed E-state index contributed by atoms with van der Waals surface area (Å²) in [5.41, 5.74) is 3.60. The number of nitrogens with one attached hydrogen (secondary N) is 2. The molecule has 2 aliphatic rings. The zero-order chi connectivity index (χ0) is 24.3. The number of nitrogens with zero attached hydrogens (tertiary/aromatic N) is 3. The lowest BCUT2D eigenvalue weighted by Gasteiger charge is -2.34. The van der Waals surface area contributed by atoms with E-state index in [1.165, 1.54) is 4.57 Å². The molecule has 33 heavy (non-hydrogen) atoms. The van der Waals surface area contributed by atoms with Gasteiger partial charge in [0.2, 0.25) is 5.91 Å². The molecule has 0 radical (unpaired) electrons. The molecule has 2 heterocycles. The predicted molar refractivity (Wildman–Crippen MR) is 124 cm³/mol. The van der Waals surface area contributed by atoms with Crippen molar-refractivity contribution >= 4 is 29.4 Å². The summed E-state index contributed by atoms with van der Waals surface area (Å²) in [4.78, 5) is 68.0. The Morgan fingerprint density at radius 3 is 2.39 bits per heavy atom. The Balaban J connectivity index is 1.84. The fourth-order valence-electron chi connectivity index (χ4n) is 4.79. The number of nitrogens with two attached hydrogens (primary N) is 1. The van der Waals surface area contributed by atoms with E-state index in [4.69, 9.17) is 5.73 Å². The maximum absolute atomic E-state index is 13.2. The molecule has 1 aliphatic heterocycles. The van der Waals surface area contributed by atoms with Gasteiger partial charge in [-0.1, -0.05) is 26.7 Å². The number of aromatic nitrogens is 2. The van der Waals surface area contributed by atoms with E-state index in [0.717, 1.165) is 35.5 Å². The molecule has 1 aromatic heterocycles. The summed E-state index contributed by atoms with van der Waals surface area (Å²) in [6.45, 7) is 5.58. The molecular formula is C22H34N6O5. The number of hydrogen-bond donors (Lipinski definition) is 3. The van der Waals surface area contributed by atoms with Crippen LogP contribution in [0.2, 0.25) is 0 Å². The molecule has 4 N–H and O–H groups in total. The summed E-state index contributed by atoms with van der Waals surface area (Å²) >= 11 is 0. The topological polar surface area (TPSA) is 151 Å². The number of unbranched alkanes of at least 4 members (excludes halogenated alkanes) is 1. The minimum Gasteiger partial charge on any atom is -0.383 e. The number of likely N-dealkylation sites (N-methyl/N-ethyl adjacent to an activating group) is 1. The van der Waals surface area contributed by atoms with Gasteiger partial charge in [0.25, 0.3) is 11.5 Å². The summed E-state index contributed by atoms with van der Waals surface area (Å²) in [6, 6.07) is -0.603. The van der Waals surface area contributed by atoms with E-state index in [2.05, 4.69) is 17.2 Å². The lowest BCUT2D eigenvalue weighted by molar-refractivity contribution is -0.135. The highest BCUT2D eigenvalue weighted by Gasteiger charge is 2.52. The van der Waals surface area contributed by atoms with E-state index < -0.39 is 41.2 Å². The average Bonchev–Trinajstić information content (AvgIpc) is 3.00. The summed E-state index contributed by atoms with van der Waals surface area (Å²) in [5, 5.41) is 2.81. The van der Waals surface area contributed by atoms with Crippen LogP contribution in [0, 0.1) is 5.92 Å². The van der Waals surface area contributed by atoms with Crippen molar-refractivity contribution < 1.29 is 14.4 Å². The first-order chi connectivity index (χ1) is 15.7. The second-order valence-corrected chi connectivity index (χ2v) is 8.89. The minimum atomic E-state index is -0.954. The van der Waals surface area contributed by atoms with Crippen LogP contribution in [0.1, 0.15) is 65.7 Å². The van der Waals surface area contributed by atoms with E-state index in [9.17, 15) is 24.0 Å². The highest BCUT2D eigenvalue weighted by Crippen LogP contribution is 2.37. The van der Waals surface area contributed by atoms with Gasteiger partial charge in [0.15, 0.2) is 5.69 Å². The number of urea groups is 1. The fraction of sp³-hybridized carbons (Fsp3) is 0.682. The third-order valence-electron chi connectivity index (χ3n) is 6.91. The number of hydrogen-bond acceptors (Lipinski definition) is 6. The van der Waals surface area contributed by atoms with Crippen LogP contribution in [0.3, 0.4) is 0 Å². The Morgan fingerprint density at radius 1 is 1.15 bits per heavy atom. The van der Waals surface area contributed by atoms with Gasteiger partial charge in [-0.25, -0.2) is 9.59 Å².